The zero-order valence-corrected chi connectivity index (χ0v) is 22.2. The van der Waals surface area contributed by atoms with Crippen LogP contribution in [0.4, 0.5) is 0 Å². The number of ether oxygens (including phenoxy) is 1. The van der Waals surface area contributed by atoms with Gasteiger partial charge in [0, 0.05) is 80.7 Å². The summed E-state index contributed by atoms with van der Waals surface area (Å²) in [4.78, 5) is 29.8. The van der Waals surface area contributed by atoms with Gasteiger partial charge < -0.3 is 15.0 Å². The van der Waals surface area contributed by atoms with Gasteiger partial charge in [0.15, 0.2) is 0 Å². The van der Waals surface area contributed by atoms with Crippen molar-refractivity contribution in [2.75, 3.05) is 46.4 Å². The fraction of sp³-hybridized carbons (Fsp3) is 0.464. The number of hydrogen-bond acceptors (Lipinski definition) is 5. The molecule has 2 aliphatic rings. The molecule has 2 aliphatic heterocycles. The van der Waals surface area contributed by atoms with Crippen LogP contribution in [0.25, 0.3) is 10.9 Å². The molecule has 0 unspecified atom stereocenters. The van der Waals surface area contributed by atoms with Crippen LogP contribution in [0, 0.1) is 12.8 Å². The minimum Gasteiger partial charge on any atom is -0.379 e. The lowest BCUT2D eigenvalue weighted by Gasteiger charge is -2.38. The minimum atomic E-state index is -0.0475. The quantitative estimate of drug-likeness (QED) is 0.488. The van der Waals surface area contributed by atoms with Crippen molar-refractivity contribution in [3.63, 3.8) is 0 Å². The fourth-order valence-electron chi connectivity index (χ4n) is 5.26. The second-order valence-electron chi connectivity index (χ2n) is 10.1. The number of nitrogens with zero attached hydrogens (tertiary/aromatic N) is 4. The van der Waals surface area contributed by atoms with Crippen LogP contribution < -0.4 is 5.32 Å². The van der Waals surface area contributed by atoms with Gasteiger partial charge >= 0.3 is 0 Å². The summed E-state index contributed by atoms with van der Waals surface area (Å²) in [7, 11) is 1.74. The Morgan fingerprint density at radius 3 is 2.54 bits per heavy atom. The molecule has 0 radical (unpaired) electrons. The van der Waals surface area contributed by atoms with Crippen molar-refractivity contribution < 1.29 is 14.3 Å². The molecular formula is C28H34ClN5O3. The van der Waals surface area contributed by atoms with E-state index in [0.29, 0.717) is 34.7 Å². The maximum atomic E-state index is 12.8. The van der Waals surface area contributed by atoms with Crippen molar-refractivity contribution in [1.82, 2.24) is 24.9 Å². The predicted molar refractivity (Wildman–Crippen MR) is 144 cm³/mol. The Morgan fingerprint density at radius 1 is 1.11 bits per heavy atom. The molecule has 0 aliphatic carbocycles. The van der Waals surface area contributed by atoms with Gasteiger partial charge in [-0.3, -0.25) is 19.2 Å². The zero-order valence-electron chi connectivity index (χ0n) is 21.5. The van der Waals surface area contributed by atoms with E-state index in [4.69, 9.17) is 21.4 Å². The maximum Gasteiger partial charge on any atom is 0.253 e. The molecule has 5 rings (SSSR count). The molecule has 1 aromatic heterocycles. The first kappa shape index (κ1) is 25.7. The molecule has 37 heavy (non-hydrogen) atoms. The third kappa shape index (κ3) is 5.81. The van der Waals surface area contributed by atoms with E-state index >= 15 is 0 Å². The average molecular weight is 524 g/mol. The molecule has 8 nitrogen and oxygen atoms in total. The van der Waals surface area contributed by atoms with Gasteiger partial charge in [0.25, 0.3) is 11.8 Å². The highest BCUT2D eigenvalue weighted by Gasteiger charge is 2.26. The van der Waals surface area contributed by atoms with Crippen molar-refractivity contribution in [2.45, 2.75) is 32.4 Å². The normalized spacial score (nSPS) is 17.2. The number of amides is 2. The molecule has 1 N–H and O–H groups in total. The van der Waals surface area contributed by atoms with E-state index in [1.165, 1.54) is 0 Å². The van der Waals surface area contributed by atoms with Crippen molar-refractivity contribution in [3.05, 3.63) is 64.3 Å². The van der Waals surface area contributed by atoms with Crippen molar-refractivity contribution in [3.8, 4) is 0 Å². The summed E-state index contributed by atoms with van der Waals surface area (Å²) < 4.78 is 7.29. The van der Waals surface area contributed by atoms with E-state index in [1.54, 1.807) is 31.4 Å². The molecular weight excluding hydrogens is 490 g/mol. The Hall–Kier alpha value is -2.94. The summed E-state index contributed by atoms with van der Waals surface area (Å²) in [5.41, 5.74) is 3.22. The molecule has 0 bridgehead atoms. The predicted octanol–water partition coefficient (Wildman–Crippen LogP) is 3.61. The van der Waals surface area contributed by atoms with E-state index in [0.717, 1.165) is 68.6 Å². The van der Waals surface area contributed by atoms with E-state index in [-0.39, 0.29) is 11.8 Å². The first-order chi connectivity index (χ1) is 17.9. The summed E-state index contributed by atoms with van der Waals surface area (Å²) >= 11 is 5.95. The highest BCUT2D eigenvalue weighted by Crippen LogP contribution is 2.25. The summed E-state index contributed by atoms with van der Waals surface area (Å²) in [5, 5.41) is 9.46. The molecule has 2 fully saturated rings. The number of aromatic nitrogens is 2. The summed E-state index contributed by atoms with van der Waals surface area (Å²) in [5.74, 6) is 0.463. The molecule has 3 aromatic rings. The van der Waals surface area contributed by atoms with Gasteiger partial charge in [-0.05, 0) is 67.6 Å². The third-order valence-electron chi connectivity index (χ3n) is 7.66. The van der Waals surface area contributed by atoms with Crippen molar-refractivity contribution >= 4 is 34.3 Å². The van der Waals surface area contributed by atoms with Crippen LogP contribution in [-0.2, 0) is 11.3 Å². The van der Waals surface area contributed by atoms with Gasteiger partial charge in [-0.15, -0.1) is 0 Å². The lowest BCUT2D eigenvalue weighted by atomic mass is 9.96. The number of aryl methyl sites for hydroxylation is 1. The van der Waals surface area contributed by atoms with Gasteiger partial charge in [-0.25, -0.2) is 0 Å². The van der Waals surface area contributed by atoms with Crippen molar-refractivity contribution in [2.24, 2.45) is 5.92 Å². The summed E-state index contributed by atoms with van der Waals surface area (Å²) in [6.45, 7) is 7.56. The van der Waals surface area contributed by atoms with Crippen LogP contribution in [0.2, 0.25) is 5.02 Å². The molecule has 196 valence electrons. The Morgan fingerprint density at radius 2 is 1.84 bits per heavy atom. The molecule has 2 aromatic carbocycles. The molecule has 2 amide bonds. The lowest BCUT2D eigenvalue weighted by molar-refractivity contribution is -0.0281. The fourth-order valence-corrected chi connectivity index (χ4v) is 5.38. The zero-order chi connectivity index (χ0) is 25.9. The van der Waals surface area contributed by atoms with Crippen LogP contribution in [-0.4, -0.2) is 83.9 Å². The standard InChI is InChI=1S/C28H34ClN5O3/c1-19-24(27(35)30-11-14-32-16-23(17-32)37-2)7-8-26-25(19)18-34(31-26)15-20-9-12-33(13-10-20)28(36)21-3-5-22(29)6-4-21/h3-8,18,20,23H,9-17H2,1-2H3,(H,30,35). The third-order valence-corrected chi connectivity index (χ3v) is 7.91. The molecule has 9 heteroatoms. The van der Waals surface area contributed by atoms with Crippen LogP contribution in [0.5, 0.6) is 0 Å². The Bertz CT molecular complexity index is 1260. The Balaban J connectivity index is 1.14. The number of piperidine rings is 1. The monoisotopic (exact) mass is 523 g/mol. The van der Waals surface area contributed by atoms with Gasteiger partial charge in [-0.2, -0.15) is 5.10 Å². The highest BCUT2D eigenvalue weighted by atomic mass is 35.5. The van der Waals surface area contributed by atoms with Gasteiger partial charge in [0.2, 0.25) is 0 Å². The summed E-state index contributed by atoms with van der Waals surface area (Å²) in [6, 6.07) is 10.9. The first-order valence-electron chi connectivity index (χ1n) is 13.0. The smallest absolute Gasteiger partial charge is 0.253 e. The number of likely N-dealkylation sites (tertiary alicyclic amines) is 2. The number of rotatable bonds is 8. The van der Waals surface area contributed by atoms with E-state index < -0.39 is 0 Å². The SMILES string of the molecule is COC1CN(CCNC(=O)c2ccc3nn(CC4CCN(C(=O)c5ccc(Cl)cc5)CC4)cc3c2C)C1. The number of hydrogen-bond donors (Lipinski definition) is 1. The van der Waals surface area contributed by atoms with Crippen LogP contribution in [0.15, 0.2) is 42.6 Å². The van der Waals surface area contributed by atoms with Gasteiger partial charge in [-0.1, -0.05) is 11.6 Å². The number of fused-ring (bicyclic) bond motifs is 1. The van der Waals surface area contributed by atoms with Crippen LogP contribution >= 0.6 is 11.6 Å². The minimum absolute atomic E-state index is 0.0475. The average Bonchev–Trinajstić information content (AvgIpc) is 3.29. The van der Waals surface area contributed by atoms with Crippen molar-refractivity contribution in [1.29, 1.82) is 0 Å². The van der Waals surface area contributed by atoms with Gasteiger partial charge in [0.05, 0.1) is 11.6 Å². The molecule has 2 saturated heterocycles. The highest BCUT2D eigenvalue weighted by molar-refractivity contribution is 6.30. The second-order valence-corrected chi connectivity index (χ2v) is 10.6. The number of benzene rings is 2. The molecule has 3 heterocycles. The number of nitrogens with one attached hydrogen (secondary N) is 1. The molecule has 0 atom stereocenters. The summed E-state index contributed by atoms with van der Waals surface area (Å²) in [6.07, 6.45) is 4.24. The molecule has 0 saturated carbocycles. The van der Waals surface area contributed by atoms with E-state index in [2.05, 4.69) is 16.4 Å². The topological polar surface area (TPSA) is 79.7 Å². The molecule has 0 spiro atoms. The largest absolute Gasteiger partial charge is 0.379 e. The number of halogens is 1. The maximum absolute atomic E-state index is 12.8. The number of carbonyl (C=O) groups excluding carboxylic acids is 2. The van der Waals surface area contributed by atoms with Crippen LogP contribution in [0.1, 0.15) is 39.1 Å². The Kier molecular flexibility index (Phi) is 7.79. The van der Waals surface area contributed by atoms with E-state index in [1.807, 2.05) is 28.6 Å². The number of carbonyl (C=O) groups is 2. The first-order valence-corrected chi connectivity index (χ1v) is 13.3. The van der Waals surface area contributed by atoms with E-state index in [9.17, 15) is 9.59 Å². The Labute approximate surface area is 222 Å². The number of methoxy groups -OCH3 is 1. The van der Waals surface area contributed by atoms with Crippen LogP contribution in [0.3, 0.4) is 0 Å². The second kappa shape index (κ2) is 11.2. The van der Waals surface area contributed by atoms with Gasteiger partial charge in [0.1, 0.15) is 0 Å². The lowest BCUT2D eigenvalue weighted by Crippen LogP contribution is -2.53.